The van der Waals surface area contributed by atoms with E-state index in [-0.39, 0.29) is 12.2 Å². The van der Waals surface area contributed by atoms with Crippen LogP contribution in [0, 0.1) is 12.8 Å². The van der Waals surface area contributed by atoms with Crippen LogP contribution in [0.15, 0.2) is 22.7 Å². The number of benzene rings is 1. The predicted molar refractivity (Wildman–Crippen MR) is 131 cm³/mol. The number of carbonyl (C=O) groups is 1. The minimum atomic E-state index is -0.363. The zero-order valence-corrected chi connectivity index (χ0v) is 20.3. The first-order valence-electron chi connectivity index (χ1n) is 13.0. The third-order valence-corrected chi connectivity index (χ3v) is 7.59. The molecule has 0 radical (unpaired) electrons. The van der Waals surface area contributed by atoms with Gasteiger partial charge in [-0.15, -0.1) is 0 Å². The zero-order chi connectivity index (χ0) is 23.3. The Hall–Kier alpha value is -2.16. The molecular weight excluding hydrogens is 432 g/mol. The molecule has 1 aromatic carbocycles. The number of piperazine rings is 1. The summed E-state index contributed by atoms with van der Waals surface area (Å²) in [4.78, 5) is 17.2. The molecule has 3 fully saturated rings. The number of nitrogens with zero attached hydrogens (tertiary/aromatic N) is 3. The highest BCUT2D eigenvalue weighted by Crippen LogP contribution is 2.29. The minimum absolute atomic E-state index is 0.0586. The van der Waals surface area contributed by atoms with Crippen LogP contribution in [0.3, 0.4) is 0 Å². The summed E-state index contributed by atoms with van der Waals surface area (Å²) in [5.74, 6) is 1.80. The van der Waals surface area contributed by atoms with Gasteiger partial charge in [-0.25, -0.2) is 0 Å². The third kappa shape index (κ3) is 5.90. The van der Waals surface area contributed by atoms with Crippen LogP contribution in [0.5, 0.6) is 0 Å². The molecule has 186 valence electrons. The van der Waals surface area contributed by atoms with Crippen molar-refractivity contribution in [1.82, 2.24) is 15.4 Å². The Morgan fingerprint density at radius 2 is 1.85 bits per heavy atom. The highest BCUT2D eigenvalue weighted by Gasteiger charge is 2.26. The standard InChI is InChI=1S/C26H38N4O4/c1-19-3-8-22-23(17-19)34-28-26(22)30-13-11-29(12-14-30)10-9-20-4-6-21(7-5-20)27-24(31)18-25-32-15-2-16-33-25/h3,8,17,20-21,25H,2,4-7,9-16,18H2,1H3,(H,27,31). The number of anilines is 1. The monoisotopic (exact) mass is 470 g/mol. The van der Waals surface area contributed by atoms with Crippen LogP contribution in [0.2, 0.25) is 0 Å². The summed E-state index contributed by atoms with van der Waals surface area (Å²) in [5.41, 5.74) is 2.07. The molecule has 0 atom stereocenters. The lowest BCUT2D eigenvalue weighted by molar-refractivity contribution is -0.184. The average Bonchev–Trinajstić information content (AvgIpc) is 3.27. The summed E-state index contributed by atoms with van der Waals surface area (Å²) in [5, 5.41) is 8.66. The van der Waals surface area contributed by atoms with Crippen LogP contribution < -0.4 is 10.2 Å². The van der Waals surface area contributed by atoms with E-state index in [9.17, 15) is 4.79 Å². The summed E-state index contributed by atoms with van der Waals surface area (Å²) in [6.45, 7) is 8.72. The number of carbonyl (C=O) groups excluding carboxylic acids is 1. The summed E-state index contributed by atoms with van der Waals surface area (Å²) in [7, 11) is 0. The Balaban J connectivity index is 0.992. The molecule has 1 amide bonds. The van der Waals surface area contributed by atoms with Gasteiger partial charge in [-0.05, 0) is 75.6 Å². The second-order valence-electron chi connectivity index (χ2n) is 10.1. The van der Waals surface area contributed by atoms with E-state index < -0.39 is 0 Å². The highest BCUT2D eigenvalue weighted by atomic mass is 16.7. The second kappa shape index (κ2) is 11.1. The van der Waals surface area contributed by atoms with E-state index in [2.05, 4.69) is 45.4 Å². The molecule has 1 N–H and O–H groups in total. The molecule has 2 aromatic rings. The number of rotatable bonds is 7. The van der Waals surface area contributed by atoms with Crippen molar-refractivity contribution in [3.8, 4) is 0 Å². The number of fused-ring (bicyclic) bond motifs is 1. The molecule has 5 rings (SSSR count). The molecule has 1 saturated carbocycles. The first-order chi connectivity index (χ1) is 16.6. The van der Waals surface area contributed by atoms with Crippen molar-refractivity contribution >= 4 is 22.7 Å². The van der Waals surface area contributed by atoms with Crippen molar-refractivity contribution < 1.29 is 18.8 Å². The van der Waals surface area contributed by atoms with Crippen molar-refractivity contribution in [3.05, 3.63) is 23.8 Å². The molecule has 0 unspecified atom stereocenters. The van der Waals surface area contributed by atoms with Gasteiger partial charge in [0.2, 0.25) is 5.91 Å². The van der Waals surface area contributed by atoms with Crippen LogP contribution in [0.1, 0.15) is 50.5 Å². The van der Waals surface area contributed by atoms with Crippen molar-refractivity contribution in [1.29, 1.82) is 0 Å². The van der Waals surface area contributed by atoms with E-state index in [1.165, 1.54) is 24.8 Å². The smallest absolute Gasteiger partial charge is 0.225 e. The summed E-state index contributed by atoms with van der Waals surface area (Å²) in [6, 6.07) is 6.61. The van der Waals surface area contributed by atoms with Gasteiger partial charge in [-0.1, -0.05) is 11.2 Å². The van der Waals surface area contributed by atoms with Gasteiger partial charge in [0, 0.05) is 32.2 Å². The maximum atomic E-state index is 12.3. The number of hydrogen-bond donors (Lipinski definition) is 1. The second-order valence-corrected chi connectivity index (χ2v) is 10.1. The first-order valence-corrected chi connectivity index (χ1v) is 13.0. The van der Waals surface area contributed by atoms with Gasteiger partial charge in [0.25, 0.3) is 0 Å². The van der Waals surface area contributed by atoms with Crippen molar-refractivity contribution in [3.63, 3.8) is 0 Å². The molecule has 1 aliphatic carbocycles. The van der Waals surface area contributed by atoms with Crippen molar-refractivity contribution in [2.45, 2.75) is 64.2 Å². The van der Waals surface area contributed by atoms with E-state index in [1.807, 2.05) is 0 Å². The van der Waals surface area contributed by atoms with Gasteiger partial charge in [-0.3, -0.25) is 9.69 Å². The molecule has 8 nitrogen and oxygen atoms in total. The van der Waals surface area contributed by atoms with E-state index >= 15 is 0 Å². The number of aromatic nitrogens is 1. The molecule has 0 bridgehead atoms. The molecular formula is C26H38N4O4. The SMILES string of the molecule is Cc1ccc2c(N3CCN(CCC4CCC(NC(=O)CC5OCCCO5)CC4)CC3)noc2c1. The molecule has 3 heterocycles. The Morgan fingerprint density at radius 1 is 1.09 bits per heavy atom. The van der Waals surface area contributed by atoms with E-state index in [0.717, 1.165) is 74.7 Å². The molecule has 1 aromatic heterocycles. The number of amides is 1. The molecule has 0 spiro atoms. The number of aryl methyl sites for hydroxylation is 1. The van der Waals surface area contributed by atoms with Crippen LogP contribution in [-0.4, -0.2) is 74.2 Å². The van der Waals surface area contributed by atoms with Gasteiger partial charge in [0.1, 0.15) is 0 Å². The van der Waals surface area contributed by atoms with Crippen molar-refractivity contribution in [2.75, 3.05) is 50.8 Å². The molecule has 8 heteroatoms. The molecule has 2 aliphatic heterocycles. The van der Waals surface area contributed by atoms with E-state index in [4.69, 9.17) is 14.0 Å². The van der Waals surface area contributed by atoms with E-state index in [0.29, 0.717) is 25.7 Å². The zero-order valence-electron chi connectivity index (χ0n) is 20.3. The Morgan fingerprint density at radius 3 is 2.62 bits per heavy atom. The Kier molecular flexibility index (Phi) is 7.67. The highest BCUT2D eigenvalue weighted by molar-refractivity contribution is 5.89. The van der Waals surface area contributed by atoms with Crippen LogP contribution in [0.25, 0.3) is 11.0 Å². The van der Waals surface area contributed by atoms with Crippen LogP contribution >= 0.6 is 0 Å². The summed E-state index contributed by atoms with van der Waals surface area (Å²) in [6.07, 6.45) is 6.67. The largest absolute Gasteiger partial charge is 0.354 e. The number of ether oxygens (including phenoxy) is 2. The topological polar surface area (TPSA) is 80.1 Å². The maximum Gasteiger partial charge on any atom is 0.225 e. The lowest BCUT2D eigenvalue weighted by Gasteiger charge is -2.36. The van der Waals surface area contributed by atoms with Gasteiger partial charge in [0.05, 0.1) is 25.0 Å². The fraction of sp³-hybridized carbons (Fsp3) is 0.692. The average molecular weight is 471 g/mol. The lowest BCUT2D eigenvalue weighted by atomic mass is 9.84. The lowest BCUT2D eigenvalue weighted by Crippen LogP contribution is -2.47. The minimum Gasteiger partial charge on any atom is -0.354 e. The fourth-order valence-corrected chi connectivity index (χ4v) is 5.50. The maximum absolute atomic E-state index is 12.3. The summed E-state index contributed by atoms with van der Waals surface area (Å²) >= 11 is 0. The summed E-state index contributed by atoms with van der Waals surface area (Å²) < 4.78 is 16.6. The van der Waals surface area contributed by atoms with Gasteiger partial charge in [0.15, 0.2) is 17.7 Å². The molecule has 34 heavy (non-hydrogen) atoms. The molecule has 2 saturated heterocycles. The Bertz CT molecular complexity index is 941. The van der Waals surface area contributed by atoms with Crippen molar-refractivity contribution in [2.24, 2.45) is 5.92 Å². The van der Waals surface area contributed by atoms with Gasteiger partial charge >= 0.3 is 0 Å². The first kappa shape index (κ1) is 23.6. The predicted octanol–water partition coefficient (Wildman–Crippen LogP) is 3.48. The third-order valence-electron chi connectivity index (χ3n) is 7.59. The van der Waals surface area contributed by atoms with Crippen LogP contribution in [-0.2, 0) is 14.3 Å². The van der Waals surface area contributed by atoms with Crippen LogP contribution in [0.4, 0.5) is 5.82 Å². The number of hydrogen-bond acceptors (Lipinski definition) is 7. The van der Waals surface area contributed by atoms with Gasteiger partial charge < -0.3 is 24.2 Å². The fourth-order valence-electron chi connectivity index (χ4n) is 5.50. The quantitative estimate of drug-likeness (QED) is 0.664. The normalized spacial score (nSPS) is 25.0. The molecule has 3 aliphatic rings. The van der Waals surface area contributed by atoms with E-state index in [1.54, 1.807) is 0 Å². The Labute approximate surface area is 201 Å². The number of nitrogens with one attached hydrogen (secondary N) is 1. The van der Waals surface area contributed by atoms with Gasteiger partial charge in [-0.2, -0.15) is 0 Å².